The van der Waals surface area contributed by atoms with Crippen LogP contribution in [0.1, 0.15) is 43.2 Å². The number of benzene rings is 2. The largest absolute Gasteiger partial charge is 0.508 e. The van der Waals surface area contributed by atoms with Gasteiger partial charge >= 0.3 is 0 Å². The Bertz CT molecular complexity index is 753. The average molecular weight is 360 g/mol. The number of phenolic OH excluding ortho intramolecular Hbond substituents is 4. The van der Waals surface area contributed by atoms with Crippen molar-refractivity contribution in [2.75, 3.05) is 0 Å². The SMILES string of the molecule is CCCC(N)(N)C(=O)CC(c1ccc(O)cc1O)c1ccc(O)cc1O. The van der Waals surface area contributed by atoms with Gasteiger partial charge in [-0.2, -0.15) is 0 Å². The Hall–Kier alpha value is -2.77. The molecule has 0 unspecified atom stereocenters. The molecule has 0 bridgehead atoms. The number of aromatic hydroxyl groups is 4. The van der Waals surface area contributed by atoms with E-state index in [-0.39, 0.29) is 29.4 Å². The third-order valence-corrected chi connectivity index (χ3v) is 4.35. The first-order valence-corrected chi connectivity index (χ1v) is 8.30. The quantitative estimate of drug-likeness (QED) is 0.413. The molecule has 2 rings (SSSR count). The summed E-state index contributed by atoms with van der Waals surface area (Å²) in [7, 11) is 0. The highest BCUT2D eigenvalue weighted by Gasteiger charge is 2.32. The molecule has 0 aliphatic carbocycles. The van der Waals surface area contributed by atoms with Crippen LogP contribution in [0, 0.1) is 0 Å². The maximum Gasteiger partial charge on any atom is 0.167 e. The highest BCUT2D eigenvalue weighted by molar-refractivity contribution is 5.88. The molecule has 0 aromatic heterocycles. The van der Waals surface area contributed by atoms with E-state index in [2.05, 4.69) is 0 Å². The van der Waals surface area contributed by atoms with Crippen LogP contribution in [-0.4, -0.2) is 31.9 Å². The number of ketones is 1. The van der Waals surface area contributed by atoms with Gasteiger partial charge in [-0.05, 0) is 18.6 Å². The summed E-state index contributed by atoms with van der Waals surface area (Å²) in [5, 5.41) is 39.5. The van der Waals surface area contributed by atoms with E-state index >= 15 is 0 Å². The van der Waals surface area contributed by atoms with Gasteiger partial charge < -0.3 is 31.9 Å². The molecule has 0 amide bonds. The molecule has 8 N–H and O–H groups in total. The van der Waals surface area contributed by atoms with E-state index < -0.39 is 17.4 Å². The lowest BCUT2D eigenvalue weighted by atomic mass is 9.83. The third kappa shape index (κ3) is 4.25. The highest BCUT2D eigenvalue weighted by Crippen LogP contribution is 2.40. The molecule has 7 heteroatoms. The van der Waals surface area contributed by atoms with Crippen molar-refractivity contribution in [1.82, 2.24) is 0 Å². The van der Waals surface area contributed by atoms with Gasteiger partial charge in [-0.1, -0.05) is 25.5 Å². The zero-order valence-corrected chi connectivity index (χ0v) is 14.5. The molecule has 0 atom stereocenters. The Morgan fingerprint density at radius 3 is 1.81 bits per heavy atom. The van der Waals surface area contributed by atoms with E-state index in [9.17, 15) is 25.2 Å². The van der Waals surface area contributed by atoms with Crippen LogP contribution in [0.5, 0.6) is 23.0 Å². The molecule has 140 valence electrons. The summed E-state index contributed by atoms with van der Waals surface area (Å²) in [4.78, 5) is 12.7. The van der Waals surface area contributed by atoms with Gasteiger partial charge in [0.05, 0.1) is 0 Å². The first kappa shape index (κ1) is 19.6. The molecular weight excluding hydrogens is 336 g/mol. The van der Waals surface area contributed by atoms with Crippen LogP contribution in [0.3, 0.4) is 0 Å². The first-order chi connectivity index (χ1) is 12.2. The Kier molecular flexibility index (Phi) is 5.74. The minimum atomic E-state index is -1.52. The number of nitrogens with two attached hydrogens (primary N) is 2. The lowest BCUT2D eigenvalue weighted by Gasteiger charge is -2.26. The van der Waals surface area contributed by atoms with Crippen molar-refractivity contribution in [3.63, 3.8) is 0 Å². The number of rotatable bonds is 7. The summed E-state index contributed by atoms with van der Waals surface area (Å²) in [6.45, 7) is 1.86. The second kappa shape index (κ2) is 7.63. The van der Waals surface area contributed by atoms with Crippen LogP contribution < -0.4 is 11.5 Å². The Balaban J connectivity index is 2.50. The maximum atomic E-state index is 12.7. The predicted octanol–water partition coefficient (Wildman–Crippen LogP) is 2.01. The van der Waals surface area contributed by atoms with E-state index in [4.69, 9.17) is 11.5 Å². The summed E-state index contributed by atoms with van der Waals surface area (Å²) in [5.74, 6) is -1.92. The third-order valence-electron chi connectivity index (χ3n) is 4.35. The van der Waals surface area contributed by atoms with Gasteiger partial charge in [-0.3, -0.25) is 4.79 Å². The number of carbonyl (C=O) groups is 1. The van der Waals surface area contributed by atoms with E-state index in [1.165, 1.54) is 24.3 Å². The van der Waals surface area contributed by atoms with Gasteiger partial charge in [0.15, 0.2) is 5.78 Å². The molecule has 0 fully saturated rings. The fourth-order valence-corrected chi connectivity index (χ4v) is 2.97. The Labute approximate surface area is 151 Å². The number of hydrogen-bond acceptors (Lipinski definition) is 7. The average Bonchev–Trinajstić information content (AvgIpc) is 2.53. The second-order valence-corrected chi connectivity index (χ2v) is 6.46. The molecule has 2 aromatic rings. The van der Waals surface area contributed by atoms with Crippen molar-refractivity contribution < 1.29 is 25.2 Å². The molecule has 0 radical (unpaired) electrons. The van der Waals surface area contributed by atoms with Crippen LogP contribution in [-0.2, 0) is 4.79 Å². The molecule has 7 nitrogen and oxygen atoms in total. The normalized spacial score (nSPS) is 11.7. The molecule has 0 aliphatic rings. The molecule has 0 saturated heterocycles. The first-order valence-electron chi connectivity index (χ1n) is 8.30. The van der Waals surface area contributed by atoms with Crippen molar-refractivity contribution in [3.8, 4) is 23.0 Å². The molecular formula is C19H24N2O5. The van der Waals surface area contributed by atoms with Crippen LogP contribution in [0.25, 0.3) is 0 Å². The number of Topliss-reactive ketones (excluding diaryl/α,β-unsaturated/α-hetero) is 1. The van der Waals surface area contributed by atoms with Crippen molar-refractivity contribution in [1.29, 1.82) is 0 Å². The Morgan fingerprint density at radius 1 is 0.962 bits per heavy atom. The smallest absolute Gasteiger partial charge is 0.167 e. The maximum absolute atomic E-state index is 12.7. The highest BCUT2D eigenvalue weighted by atomic mass is 16.3. The zero-order valence-electron chi connectivity index (χ0n) is 14.5. The van der Waals surface area contributed by atoms with Gasteiger partial charge in [-0.25, -0.2) is 0 Å². The summed E-state index contributed by atoms with van der Waals surface area (Å²) in [5.41, 5.74) is 11.0. The van der Waals surface area contributed by atoms with E-state index in [0.29, 0.717) is 24.0 Å². The summed E-state index contributed by atoms with van der Waals surface area (Å²) in [6.07, 6.45) is 0.754. The van der Waals surface area contributed by atoms with E-state index in [1.807, 2.05) is 6.92 Å². The van der Waals surface area contributed by atoms with Gasteiger partial charge in [-0.15, -0.1) is 0 Å². The molecule has 26 heavy (non-hydrogen) atoms. The van der Waals surface area contributed by atoms with Crippen LogP contribution in [0.2, 0.25) is 0 Å². The summed E-state index contributed by atoms with van der Waals surface area (Å²) >= 11 is 0. The van der Waals surface area contributed by atoms with Crippen molar-refractivity contribution in [2.24, 2.45) is 11.5 Å². The molecule has 0 heterocycles. The van der Waals surface area contributed by atoms with Gasteiger partial charge in [0.2, 0.25) is 0 Å². The van der Waals surface area contributed by atoms with E-state index in [1.54, 1.807) is 0 Å². The van der Waals surface area contributed by atoms with Gasteiger partial charge in [0, 0.05) is 35.6 Å². The molecule has 2 aromatic carbocycles. The van der Waals surface area contributed by atoms with Gasteiger partial charge in [0.1, 0.15) is 28.7 Å². The Morgan fingerprint density at radius 2 is 1.42 bits per heavy atom. The lowest BCUT2D eigenvalue weighted by Crippen LogP contribution is -2.56. The number of carbonyl (C=O) groups excluding carboxylic acids is 1. The number of hydrogen-bond donors (Lipinski definition) is 6. The minimum Gasteiger partial charge on any atom is -0.508 e. The van der Waals surface area contributed by atoms with Crippen LogP contribution in [0.15, 0.2) is 36.4 Å². The molecule has 0 aliphatic heterocycles. The van der Waals surface area contributed by atoms with Crippen LogP contribution in [0.4, 0.5) is 0 Å². The summed E-state index contributed by atoms with van der Waals surface area (Å²) in [6, 6.07) is 7.96. The lowest BCUT2D eigenvalue weighted by molar-refractivity contribution is -0.124. The minimum absolute atomic E-state index is 0.135. The fraction of sp³-hybridized carbons (Fsp3) is 0.316. The van der Waals surface area contributed by atoms with Gasteiger partial charge in [0.25, 0.3) is 0 Å². The van der Waals surface area contributed by atoms with Crippen LogP contribution >= 0.6 is 0 Å². The predicted molar refractivity (Wildman–Crippen MR) is 97.0 cm³/mol. The van der Waals surface area contributed by atoms with E-state index in [0.717, 1.165) is 12.1 Å². The zero-order chi connectivity index (χ0) is 19.5. The number of phenols is 4. The standard InChI is InChI=1S/C19H24N2O5/c1-2-7-19(20,21)18(26)10-15(13-5-3-11(22)8-16(13)24)14-6-4-12(23)9-17(14)25/h3-6,8-9,15,22-25H,2,7,10,20-21H2,1H3. The fourth-order valence-electron chi connectivity index (χ4n) is 2.97. The van der Waals surface area contributed by atoms with Crippen molar-refractivity contribution in [2.45, 2.75) is 37.8 Å². The topological polar surface area (TPSA) is 150 Å². The molecule has 0 saturated carbocycles. The van der Waals surface area contributed by atoms with Crippen molar-refractivity contribution in [3.05, 3.63) is 47.5 Å². The molecule has 0 spiro atoms. The summed E-state index contributed by atoms with van der Waals surface area (Å²) < 4.78 is 0. The second-order valence-electron chi connectivity index (χ2n) is 6.46. The monoisotopic (exact) mass is 360 g/mol. The van der Waals surface area contributed by atoms with Crippen molar-refractivity contribution >= 4 is 5.78 Å².